The molecular weight excluding hydrogens is 450 g/mol. The Balaban J connectivity index is 0.00000154. The summed E-state index contributed by atoms with van der Waals surface area (Å²) in [5.41, 5.74) is 1.62. The first-order chi connectivity index (χ1) is 17.5. The monoisotopic (exact) mass is 495 g/mol. The number of nitrogens with zero attached hydrogens (tertiary/aromatic N) is 2. The highest BCUT2D eigenvalue weighted by atomic mass is 16.5. The Labute approximate surface area is 218 Å². The summed E-state index contributed by atoms with van der Waals surface area (Å²) < 4.78 is 6.08. The summed E-state index contributed by atoms with van der Waals surface area (Å²) in [5.74, 6) is -0.604. The number of amides is 2. The van der Waals surface area contributed by atoms with E-state index in [-0.39, 0.29) is 17.7 Å². The predicted molar refractivity (Wildman–Crippen MR) is 150 cm³/mol. The molecule has 0 aromatic heterocycles. The highest BCUT2D eigenvalue weighted by Gasteiger charge is 2.45. The first-order valence-corrected chi connectivity index (χ1v) is 13.1. The summed E-state index contributed by atoms with van der Waals surface area (Å²) in [6.45, 7) is 15.1. The van der Waals surface area contributed by atoms with E-state index in [1.54, 1.807) is 17.2 Å². The molecule has 2 aliphatic rings. The molecule has 6 nitrogen and oxygen atoms in total. The number of carbonyl (C=O) groups is 2. The second-order valence-electron chi connectivity index (χ2n) is 8.27. The van der Waals surface area contributed by atoms with Gasteiger partial charge in [0, 0.05) is 24.7 Å². The van der Waals surface area contributed by atoms with Gasteiger partial charge in [-0.15, -0.1) is 6.58 Å². The zero-order chi connectivity index (χ0) is 27.1. The average Bonchev–Trinajstić information content (AvgIpc) is 3.19. The summed E-state index contributed by atoms with van der Waals surface area (Å²) in [6, 6.07) is 8.42. The SMILES string of the molecule is C=CC1C(=O)N(c2ccccc2)C(C(=O)NCCN(C)C)C2=C(CCC=CO2)C1/C=C\C.CC.CC. The first kappa shape index (κ1) is 30.9. The lowest BCUT2D eigenvalue weighted by Crippen LogP contribution is -2.52. The van der Waals surface area contributed by atoms with Gasteiger partial charge >= 0.3 is 0 Å². The molecule has 3 rings (SSSR count). The number of likely N-dealkylation sites (N-methyl/N-ethyl adjacent to an activating group) is 1. The predicted octanol–water partition coefficient (Wildman–Crippen LogP) is 5.70. The molecule has 0 saturated heterocycles. The van der Waals surface area contributed by atoms with Crippen molar-refractivity contribution in [2.45, 2.75) is 53.5 Å². The van der Waals surface area contributed by atoms with Gasteiger partial charge in [0.05, 0.1) is 12.2 Å². The molecule has 2 aliphatic heterocycles. The van der Waals surface area contributed by atoms with E-state index in [1.165, 1.54) is 0 Å². The minimum Gasteiger partial charge on any atom is -0.467 e. The Morgan fingerprint density at radius 1 is 1.17 bits per heavy atom. The first-order valence-electron chi connectivity index (χ1n) is 13.1. The zero-order valence-electron chi connectivity index (χ0n) is 23.2. The van der Waals surface area contributed by atoms with Crippen LogP contribution >= 0.6 is 0 Å². The van der Waals surface area contributed by atoms with Gasteiger partial charge in [0.2, 0.25) is 5.91 Å². The molecule has 1 aromatic carbocycles. The molecule has 1 aromatic rings. The van der Waals surface area contributed by atoms with Crippen molar-refractivity contribution < 1.29 is 14.3 Å². The zero-order valence-corrected chi connectivity index (χ0v) is 23.2. The molecule has 2 amide bonds. The van der Waals surface area contributed by atoms with Gasteiger partial charge in [0.1, 0.15) is 5.76 Å². The minimum atomic E-state index is -0.900. The fraction of sp³-hybridized carbons (Fsp3) is 0.467. The largest absolute Gasteiger partial charge is 0.467 e. The number of ether oxygens (including phenoxy) is 1. The van der Waals surface area contributed by atoms with Crippen molar-refractivity contribution in [2.24, 2.45) is 11.8 Å². The third-order valence-corrected chi connectivity index (χ3v) is 5.80. The van der Waals surface area contributed by atoms with E-state index in [4.69, 9.17) is 4.74 Å². The molecule has 36 heavy (non-hydrogen) atoms. The second-order valence-corrected chi connectivity index (χ2v) is 8.27. The van der Waals surface area contributed by atoms with E-state index in [1.807, 2.05) is 102 Å². The van der Waals surface area contributed by atoms with Crippen molar-refractivity contribution in [3.63, 3.8) is 0 Å². The minimum absolute atomic E-state index is 0.164. The number of hydrogen-bond acceptors (Lipinski definition) is 4. The summed E-state index contributed by atoms with van der Waals surface area (Å²) in [6.07, 6.45) is 10.7. The number of carbonyl (C=O) groups excluding carboxylic acids is 2. The fourth-order valence-corrected chi connectivity index (χ4v) is 4.26. The third-order valence-electron chi connectivity index (χ3n) is 5.80. The summed E-state index contributed by atoms with van der Waals surface area (Å²) in [5, 5.41) is 3.01. The highest BCUT2D eigenvalue weighted by Crippen LogP contribution is 2.40. The quantitative estimate of drug-likeness (QED) is 0.493. The Kier molecular flexibility index (Phi) is 14.2. The average molecular weight is 496 g/mol. The van der Waals surface area contributed by atoms with Crippen LogP contribution in [0.5, 0.6) is 0 Å². The lowest BCUT2D eigenvalue weighted by atomic mass is 9.82. The lowest BCUT2D eigenvalue weighted by molar-refractivity contribution is -0.127. The van der Waals surface area contributed by atoms with Gasteiger partial charge in [-0.2, -0.15) is 0 Å². The van der Waals surface area contributed by atoms with Gasteiger partial charge < -0.3 is 15.0 Å². The fourth-order valence-electron chi connectivity index (χ4n) is 4.26. The molecule has 1 N–H and O–H groups in total. The van der Waals surface area contributed by atoms with Crippen LogP contribution in [0.3, 0.4) is 0 Å². The van der Waals surface area contributed by atoms with Gasteiger partial charge in [0.25, 0.3) is 5.91 Å². The van der Waals surface area contributed by atoms with E-state index in [0.29, 0.717) is 31.0 Å². The van der Waals surface area contributed by atoms with Crippen LogP contribution < -0.4 is 10.2 Å². The molecular formula is C30H45N3O3. The standard InChI is InChI=1S/C26H33N3O3.2C2H6/c1-5-12-21-20(6-2)26(31)29(19-13-8-7-9-14-19)23(25(30)27-16-17-28(3)4)24-22(21)15-10-11-18-32-24;2*1-2/h5-9,11-14,18,20-21,23H,2,10,15-17H2,1,3-4H3,(H,27,30);2*1-2H3/b12-5-;;. The van der Waals surface area contributed by atoms with E-state index in [2.05, 4.69) is 11.9 Å². The number of benzene rings is 1. The normalized spacial score (nSPS) is 21.3. The number of anilines is 1. The number of hydrogen-bond donors (Lipinski definition) is 1. The van der Waals surface area contributed by atoms with Crippen LogP contribution in [-0.4, -0.2) is 49.9 Å². The van der Waals surface area contributed by atoms with Crippen molar-refractivity contribution in [3.8, 4) is 0 Å². The maximum atomic E-state index is 13.9. The molecule has 3 atom stereocenters. The smallest absolute Gasteiger partial charge is 0.251 e. The van der Waals surface area contributed by atoms with Crippen molar-refractivity contribution >= 4 is 17.5 Å². The van der Waals surface area contributed by atoms with Crippen LogP contribution in [0.2, 0.25) is 0 Å². The number of rotatable bonds is 7. The van der Waals surface area contributed by atoms with Gasteiger partial charge in [-0.05, 0) is 57.6 Å². The Morgan fingerprint density at radius 2 is 1.83 bits per heavy atom. The van der Waals surface area contributed by atoms with Gasteiger partial charge in [-0.25, -0.2) is 0 Å². The van der Waals surface area contributed by atoms with Gasteiger partial charge in [-0.1, -0.05) is 64.1 Å². The highest BCUT2D eigenvalue weighted by molar-refractivity contribution is 6.05. The third kappa shape index (κ3) is 7.69. The molecule has 198 valence electrons. The summed E-state index contributed by atoms with van der Waals surface area (Å²) >= 11 is 0. The van der Waals surface area contributed by atoms with Crippen molar-refractivity contribution in [3.05, 3.63) is 78.8 Å². The molecule has 0 radical (unpaired) electrons. The Bertz CT molecular complexity index is 919. The van der Waals surface area contributed by atoms with Crippen molar-refractivity contribution in [1.29, 1.82) is 0 Å². The molecule has 0 bridgehead atoms. The molecule has 0 saturated carbocycles. The number of para-hydroxylation sites is 1. The van der Waals surface area contributed by atoms with Crippen LogP contribution in [0.4, 0.5) is 5.69 Å². The Morgan fingerprint density at radius 3 is 2.42 bits per heavy atom. The van der Waals surface area contributed by atoms with Crippen LogP contribution in [0.15, 0.2) is 78.8 Å². The maximum absolute atomic E-state index is 13.9. The molecule has 6 heteroatoms. The number of allylic oxidation sites excluding steroid dienone is 4. The van der Waals surface area contributed by atoms with E-state index in [0.717, 1.165) is 12.0 Å². The van der Waals surface area contributed by atoms with E-state index in [9.17, 15) is 9.59 Å². The van der Waals surface area contributed by atoms with Gasteiger partial charge in [-0.3, -0.25) is 14.5 Å². The van der Waals surface area contributed by atoms with Crippen molar-refractivity contribution in [1.82, 2.24) is 10.2 Å². The van der Waals surface area contributed by atoms with E-state index >= 15 is 0 Å². The molecule has 0 aliphatic carbocycles. The summed E-state index contributed by atoms with van der Waals surface area (Å²) in [4.78, 5) is 31.1. The van der Waals surface area contributed by atoms with Crippen LogP contribution in [0.25, 0.3) is 0 Å². The molecule has 0 fully saturated rings. The van der Waals surface area contributed by atoms with Crippen molar-refractivity contribution in [2.75, 3.05) is 32.1 Å². The number of nitrogens with one attached hydrogen (secondary N) is 1. The molecule has 2 heterocycles. The van der Waals surface area contributed by atoms with Crippen LogP contribution in [0, 0.1) is 11.8 Å². The molecule has 3 unspecified atom stereocenters. The topological polar surface area (TPSA) is 61.9 Å². The summed E-state index contributed by atoms with van der Waals surface area (Å²) in [7, 11) is 3.90. The second kappa shape index (κ2) is 16.5. The van der Waals surface area contributed by atoms with E-state index < -0.39 is 12.0 Å². The maximum Gasteiger partial charge on any atom is 0.251 e. The Hall–Kier alpha value is -3.12. The van der Waals surface area contributed by atoms with Crippen LogP contribution in [-0.2, 0) is 14.3 Å². The van der Waals surface area contributed by atoms with Crippen LogP contribution in [0.1, 0.15) is 47.5 Å². The lowest BCUT2D eigenvalue weighted by Gasteiger charge is -2.32. The molecule has 0 spiro atoms. The van der Waals surface area contributed by atoms with Gasteiger partial charge in [0.15, 0.2) is 6.04 Å².